The van der Waals surface area contributed by atoms with E-state index in [9.17, 15) is 0 Å². The largest absolute Gasteiger partial charge is 0.317 e. The summed E-state index contributed by atoms with van der Waals surface area (Å²) >= 11 is 0. The van der Waals surface area contributed by atoms with Crippen LogP contribution in [0.2, 0.25) is 0 Å². The fourth-order valence-electron chi connectivity index (χ4n) is 1.17. The van der Waals surface area contributed by atoms with Crippen LogP contribution in [0.25, 0.3) is 0 Å². The van der Waals surface area contributed by atoms with E-state index in [0.717, 1.165) is 0 Å². The molecule has 80 valence electrons. The lowest BCUT2D eigenvalue weighted by molar-refractivity contribution is 0.666. The lowest BCUT2D eigenvalue weighted by Gasteiger charge is -2.08. The van der Waals surface area contributed by atoms with Crippen molar-refractivity contribution in [3.05, 3.63) is 0 Å². The highest BCUT2D eigenvalue weighted by Gasteiger charge is 1.94. The number of hydrogen-bond donors (Lipinski definition) is 1. The molecular weight excluding hydrogens is 196 g/mol. The minimum absolute atomic E-state index is 0.328. The first kappa shape index (κ1) is 13.8. The van der Waals surface area contributed by atoms with Crippen molar-refractivity contribution in [2.24, 2.45) is 0 Å². The monoisotopic (exact) mass is 221 g/mol. The molecule has 0 saturated heterocycles. The van der Waals surface area contributed by atoms with Crippen LogP contribution < -0.4 is 5.32 Å². The Hall–Kier alpha value is 0.820. The fraction of sp³-hybridized carbons (Fsp3) is 1.00. The highest BCUT2D eigenvalue weighted by Crippen LogP contribution is 2.25. The second-order valence-corrected chi connectivity index (χ2v) is 9.28. The summed E-state index contributed by atoms with van der Waals surface area (Å²) in [6.45, 7) is 11.9. The second kappa shape index (κ2) is 9.38. The van der Waals surface area contributed by atoms with Crippen LogP contribution in [0.3, 0.4) is 0 Å². The van der Waals surface area contributed by atoms with Gasteiger partial charge in [0.25, 0.3) is 0 Å². The molecule has 1 N–H and O–H groups in total. The quantitative estimate of drug-likeness (QED) is 0.491. The zero-order valence-electron chi connectivity index (χ0n) is 9.64. The van der Waals surface area contributed by atoms with Crippen molar-refractivity contribution in [3.8, 4) is 0 Å². The molecule has 0 spiro atoms. The summed E-state index contributed by atoms with van der Waals surface area (Å²) in [6.07, 6.45) is 5.59. The third-order valence-corrected chi connectivity index (χ3v) is 4.34. The maximum absolute atomic E-state index is 3.52. The summed E-state index contributed by atoms with van der Waals surface area (Å²) in [4.78, 5) is 0. The van der Waals surface area contributed by atoms with E-state index in [0.29, 0.717) is 15.8 Å². The maximum Gasteiger partial charge on any atom is -0.00456 e. The minimum Gasteiger partial charge on any atom is -0.317 e. The molecule has 0 aromatic rings. The molecule has 0 rings (SSSR count). The van der Waals surface area contributed by atoms with Gasteiger partial charge < -0.3 is 5.32 Å². The Balaban J connectivity index is 2.92. The van der Waals surface area contributed by atoms with Gasteiger partial charge in [-0.3, -0.25) is 0 Å². The summed E-state index contributed by atoms with van der Waals surface area (Å²) in [5, 5.41) is 3.52. The van der Waals surface area contributed by atoms with Gasteiger partial charge >= 0.3 is 0 Å². The van der Waals surface area contributed by atoms with Gasteiger partial charge in [-0.05, 0) is 64.9 Å². The molecule has 0 aliphatic rings. The number of nitrogens with one attached hydrogen (secondary N) is 1. The predicted molar refractivity (Wildman–Crippen MR) is 69.4 cm³/mol. The smallest absolute Gasteiger partial charge is 0.00456 e. The number of hydrogen-bond acceptors (Lipinski definition) is 1. The van der Waals surface area contributed by atoms with Crippen LogP contribution in [0.15, 0.2) is 0 Å². The van der Waals surface area contributed by atoms with Crippen molar-refractivity contribution in [2.75, 3.05) is 52.1 Å². The van der Waals surface area contributed by atoms with Gasteiger partial charge in [-0.1, -0.05) is 0 Å². The lowest BCUT2D eigenvalue weighted by atomic mass is 10.4. The number of rotatable bonds is 8. The molecule has 0 bridgehead atoms. The predicted octanol–water partition coefficient (Wildman–Crippen LogP) is 2.84. The molecule has 13 heavy (non-hydrogen) atoms. The van der Waals surface area contributed by atoms with Crippen molar-refractivity contribution >= 4 is 15.8 Å². The summed E-state index contributed by atoms with van der Waals surface area (Å²) in [7, 11) is 0.656. The van der Waals surface area contributed by atoms with E-state index in [1.165, 1.54) is 38.3 Å². The van der Waals surface area contributed by atoms with Crippen molar-refractivity contribution in [1.82, 2.24) is 5.32 Å². The Kier molecular flexibility index (Phi) is 9.97. The lowest BCUT2D eigenvalue weighted by Crippen LogP contribution is -2.18. The molecule has 3 heteroatoms. The minimum atomic E-state index is 0.328. The highest BCUT2D eigenvalue weighted by atomic mass is 31.1. The van der Waals surface area contributed by atoms with Gasteiger partial charge in [0.2, 0.25) is 0 Å². The topological polar surface area (TPSA) is 12.0 Å². The molecule has 0 aromatic heterocycles. The van der Waals surface area contributed by atoms with E-state index in [2.05, 4.69) is 32.0 Å². The van der Waals surface area contributed by atoms with Crippen LogP contribution in [0.1, 0.15) is 12.8 Å². The summed E-state index contributed by atoms with van der Waals surface area (Å²) in [5.74, 6) is 0. The van der Waals surface area contributed by atoms with Crippen LogP contribution in [0.4, 0.5) is 0 Å². The van der Waals surface area contributed by atoms with Gasteiger partial charge in [-0.2, -0.15) is 0 Å². The molecule has 0 saturated carbocycles. The van der Waals surface area contributed by atoms with Gasteiger partial charge in [-0.15, -0.1) is 15.8 Å². The summed E-state index contributed by atoms with van der Waals surface area (Å²) in [5.41, 5.74) is 0. The molecule has 0 fully saturated rings. The highest BCUT2D eigenvalue weighted by molar-refractivity contribution is 7.56. The molecule has 0 aromatic carbocycles. The third-order valence-electron chi connectivity index (χ3n) is 1.92. The molecule has 0 atom stereocenters. The Morgan fingerprint density at radius 1 is 0.769 bits per heavy atom. The molecule has 0 aliphatic carbocycles. The average molecular weight is 221 g/mol. The van der Waals surface area contributed by atoms with Crippen molar-refractivity contribution in [2.45, 2.75) is 12.8 Å². The van der Waals surface area contributed by atoms with E-state index in [4.69, 9.17) is 0 Å². The van der Waals surface area contributed by atoms with E-state index in [-0.39, 0.29) is 0 Å². The van der Waals surface area contributed by atoms with Gasteiger partial charge in [0, 0.05) is 0 Å². The summed E-state index contributed by atoms with van der Waals surface area (Å²) in [6, 6.07) is 0. The molecular formula is C10H25NP2. The summed E-state index contributed by atoms with van der Waals surface area (Å²) < 4.78 is 0. The molecule has 0 radical (unpaired) electrons. The fourth-order valence-corrected chi connectivity index (χ4v) is 2.75. The standard InChI is InChI=1S/C10H25NP2/c1-12(2)9-5-7-11-8-6-10-13(3)4/h11H,5-10H2,1-4H3. The first-order valence-corrected chi connectivity index (χ1v) is 9.97. The van der Waals surface area contributed by atoms with Crippen LogP contribution in [-0.2, 0) is 0 Å². The molecule has 0 heterocycles. The maximum atomic E-state index is 3.52. The zero-order valence-corrected chi connectivity index (χ0v) is 11.4. The van der Waals surface area contributed by atoms with Gasteiger partial charge in [0.1, 0.15) is 0 Å². The molecule has 1 nitrogen and oxygen atoms in total. The Morgan fingerprint density at radius 3 is 1.46 bits per heavy atom. The third kappa shape index (κ3) is 12.8. The van der Waals surface area contributed by atoms with Crippen LogP contribution in [-0.4, -0.2) is 52.1 Å². The van der Waals surface area contributed by atoms with Crippen molar-refractivity contribution < 1.29 is 0 Å². The average Bonchev–Trinajstić information content (AvgIpc) is 2.01. The van der Waals surface area contributed by atoms with Crippen LogP contribution in [0.5, 0.6) is 0 Å². The van der Waals surface area contributed by atoms with E-state index < -0.39 is 0 Å². The first-order valence-electron chi connectivity index (χ1n) is 5.13. The normalized spacial score (nSPS) is 11.5. The van der Waals surface area contributed by atoms with Crippen molar-refractivity contribution in [3.63, 3.8) is 0 Å². The van der Waals surface area contributed by atoms with Crippen molar-refractivity contribution in [1.29, 1.82) is 0 Å². The second-order valence-electron chi connectivity index (χ2n) is 4.06. The molecule has 0 unspecified atom stereocenters. The first-order chi connectivity index (χ1) is 6.13. The SMILES string of the molecule is CP(C)CCCNCCCP(C)C. The van der Waals surface area contributed by atoms with Gasteiger partial charge in [-0.25, -0.2) is 0 Å². The molecule has 0 aliphatic heterocycles. The Bertz CT molecular complexity index is 93.1. The van der Waals surface area contributed by atoms with E-state index >= 15 is 0 Å². The van der Waals surface area contributed by atoms with Gasteiger partial charge in [0.05, 0.1) is 0 Å². The Morgan fingerprint density at radius 2 is 1.15 bits per heavy atom. The molecule has 0 amide bonds. The zero-order chi connectivity index (χ0) is 10.1. The van der Waals surface area contributed by atoms with E-state index in [1.807, 2.05) is 0 Å². The van der Waals surface area contributed by atoms with Crippen LogP contribution in [0, 0.1) is 0 Å². The van der Waals surface area contributed by atoms with Gasteiger partial charge in [0.15, 0.2) is 0 Å². The van der Waals surface area contributed by atoms with Crippen LogP contribution >= 0.6 is 15.8 Å². The van der Waals surface area contributed by atoms with E-state index in [1.54, 1.807) is 0 Å². The Labute approximate surface area is 86.6 Å².